The lowest BCUT2D eigenvalue weighted by Gasteiger charge is -2.22. The zero-order valence-electron chi connectivity index (χ0n) is 17.5. The summed E-state index contributed by atoms with van der Waals surface area (Å²) in [6.07, 6.45) is 9.74. The molecule has 4 rings (SSSR count). The van der Waals surface area contributed by atoms with Gasteiger partial charge in [-0.3, -0.25) is 9.78 Å². The Labute approximate surface area is 182 Å². The van der Waals surface area contributed by atoms with E-state index in [1.165, 1.54) is 18.9 Å². The number of hydrogen-bond acceptors (Lipinski definition) is 4. The van der Waals surface area contributed by atoms with E-state index in [0.717, 1.165) is 41.8 Å². The number of amides is 1. The molecule has 2 aromatic heterocycles. The van der Waals surface area contributed by atoms with Gasteiger partial charge in [-0.2, -0.15) is 0 Å². The van der Waals surface area contributed by atoms with Crippen LogP contribution < -0.4 is 10.2 Å². The first-order chi connectivity index (χ1) is 15.2. The van der Waals surface area contributed by atoms with E-state index in [1.807, 2.05) is 30.3 Å². The number of anilines is 2. The minimum absolute atomic E-state index is 0.233. The Morgan fingerprint density at radius 2 is 1.94 bits per heavy atom. The number of hydrogen-bond donors (Lipinski definition) is 1. The van der Waals surface area contributed by atoms with E-state index in [2.05, 4.69) is 10.3 Å². The molecule has 1 saturated carbocycles. The summed E-state index contributed by atoms with van der Waals surface area (Å²) in [6.45, 7) is 1.01. The first kappa shape index (κ1) is 21.0. The van der Waals surface area contributed by atoms with Crippen molar-refractivity contribution in [3.8, 4) is 0 Å². The third-order valence-electron chi connectivity index (χ3n) is 5.78. The average Bonchev–Trinajstić information content (AvgIpc) is 3.33. The maximum Gasteiger partial charge on any atom is 0.214 e. The number of nitrogens with one attached hydrogen (secondary N) is 1. The lowest BCUT2D eigenvalue weighted by molar-refractivity contribution is -0.107. The van der Waals surface area contributed by atoms with Crippen molar-refractivity contribution in [2.45, 2.75) is 44.6 Å². The average molecular weight is 419 g/mol. The van der Waals surface area contributed by atoms with Gasteiger partial charge in [-0.05, 0) is 60.7 Å². The second-order valence-electron chi connectivity index (χ2n) is 7.99. The Morgan fingerprint density at radius 1 is 1.10 bits per heavy atom. The van der Waals surface area contributed by atoms with Crippen LogP contribution in [-0.2, 0) is 17.8 Å². The molecule has 160 valence electrons. The fourth-order valence-corrected chi connectivity index (χ4v) is 4.16. The number of halogens is 1. The van der Waals surface area contributed by atoms with Crippen LogP contribution in [0.4, 0.5) is 15.9 Å². The number of pyridine rings is 2. The second-order valence-corrected chi connectivity index (χ2v) is 7.99. The quantitative estimate of drug-likeness (QED) is 0.492. The summed E-state index contributed by atoms with van der Waals surface area (Å²) >= 11 is 0. The van der Waals surface area contributed by atoms with Crippen LogP contribution in [0.1, 0.15) is 48.4 Å². The molecule has 0 aliphatic heterocycles. The third-order valence-corrected chi connectivity index (χ3v) is 5.78. The van der Waals surface area contributed by atoms with Crippen molar-refractivity contribution >= 4 is 17.9 Å². The Bertz CT molecular complexity index is 1010. The lowest BCUT2D eigenvalue weighted by Crippen LogP contribution is -2.23. The van der Waals surface area contributed by atoms with Gasteiger partial charge in [0.25, 0.3) is 0 Å². The van der Waals surface area contributed by atoms with Crippen molar-refractivity contribution in [3.63, 3.8) is 0 Å². The smallest absolute Gasteiger partial charge is 0.214 e. The van der Waals surface area contributed by atoms with E-state index in [0.29, 0.717) is 31.2 Å². The molecule has 2 heterocycles. The highest BCUT2D eigenvalue weighted by Crippen LogP contribution is 2.35. The summed E-state index contributed by atoms with van der Waals surface area (Å²) in [6, 6.07) is 14.5. The zero-order valence-corrected chi connectivity index (χ0v) is 17.5. The molecule has 0 unspecified atom stereocenters. The molecule has 0 bridgehead atoms. The van der Waals surface area contributed by atoms with Crippen molar-refractivity contribution in [2.24, 2.45) is 0 Å². The number of benzene rings is 1. The molecule has 0 radical (unpaired) electrons. The predicted molar refractivity (Wildman–Crippen MR) is 121 cm³/mol. The van der Waals surface area contributed by atoms with E-state index in [1.54, 1.807) is 29.4 Å². The molecule has 0 saturated heterocycles. The summed E-state index contributed by atoms with van der Waals surface area (Å²) in [5, 5.41) is 3.40. The van der Waals surface area contributed by atoms with E-state index in [-0.39, 0.29) is 5.82 Å². The molecule has 3 aromatic rings. The number of nitrogens with zero attached hydrogens (tertiary/aromatic N) is 3. The van der Waals surface area contributed by atoms with Gasteiger partial charge in [0.2, 0.25) is 6.41 Å². The summed E-state index contributed by atoms with van der Waals surface area (Å²) in [5.74, 6) is 0.931. The standard InChI is InChI=1S/C25H27FN4O/c26-22-9-3-5-19(15-22)12-14-28-25-24(11-10-23(29-25)21-7-1-2-8-21)30(18-31)17-20-6-4-13-27-16-20/h3-6,9-11,13,15-16,18,21H,1-2,7-8,12,14,17H2,(H,28,29). The van der Waals surface area contributed by atoms with E-state index < -0.39 is 0 Å². The number of carbonyl (C=O) groups excluding carboxylic acids is 1. The summed E-state index contributed by atoms with van der Waals surface area (Å²) in [7, 11) is 0. The van der Waals surface area contributed by atoms with E-state index >= 15 is 0 Å². The van der Waals surface area contributed by atoms with Crippen molar-refractivity contribution in [1.82, 2.24) is 9.97 Å². The van der Waals surface area contributed by atoms with Crippen molar-refractivity contribution < 1.29 is 9.18 Å². The van der Waals surface area contributed by atoms with Gasteiger partial charge in [-0.1, -0.05) is 31.0 Å². The number of rotatable bonds is 9. The highest BCUT2D eigenvalue weighted by atomic mass is 19.1. The van der Waals surface area contributed by atoms with Crippen LogP contribution in [0.15, 0.2) is 60.9 Å². The normalized spacial score (nSPS) is 13.8. The van der Waals surface area contributed by atoms with Crippen LogP contribution in [0.5, 0.6) is 0 Å². The third kappa shape index (κ3) is 5.45. The molecule has 1 fully saturated rings. The van der Waals surface area contributed by atoms with Gasteiger partial charge in [-0.25, -0.2) is 9.37 Å². The summed E-state index contributed by atoms with van der Waals surface area (Å²) in [4.78, 5) is 22.6. The molecule has 5 nitrogen and oxygen atoms in total. The maximum atomic E-state index is 13.5. The van der Waals surface area contributed by atoms with Crippen LogP contribution in [0.25, 0.3) is 0 Å². The van der Waals surface area contributed by atoms with Gasteiger partial charge in [0.1, 0.15) is 11.6 Å². The van der Waals surface area contributed by atoms with Gasteiger partial charge >= 0.3 is 0 Å². The zero-order chi connectivity index (χ0) is 21.5. The Kier molecular flexibility index (Phi) is 6.87. The molecule has 1 N–H and O–H groups in total. The molecular weight excluding hydrogens is 391 g/mol. The molecule has 1 aliphatic carbocycles. The van der Waals surface area contributed by atoms with Crippen molar-refractivity contribution in [2.75, 3.05) is 16.8 Å². The molecule has 1 amide bonds. The lowest BCUT2D eigenvalue weighted by atomic mass is 10.0. The molecule has 1 aliphatic rings. The van der Waals surface area contributed by atoms with Crippen LogP contribution in [0.2, 0.25) is 0 Å². The van der Waals surface area contributed by atoms with Crippen LogP contribution in [0, 0.1) is 5.82 Å². The highest BCUT2D eigenvalue weighted by molar-refractivity contribution is 5.82. The van der Waals surface area contributed by atoms with Crippen molar-refractivity contribution in [3.05, 3.63) is 83.6 Å². The monoisotopic (exact) mass is 418 g/mol. The number of aromatic nitrogens is 2. The van der Waals surface area contributed by atoms with Crippen LogP contribution >= 0.6 is 0 Å². The molecule has 31 heavy (non-hydrogen) atoms. The minimum Gasteiger partial charge on any atom is -0.368 e. The van der Waals surface area contributed by atoms with Gasteiger partial charge in [0.15, 0.2) is 0 Å². The second kappa shape index (κ2) is 10.2. The minimum atomic E-state index is -0.233. The van der Waals surface area contributed by atoms with Crippen molar-refractivity contribution in [1.29, 1.82) is 0 Å². The van der Waals surface area contributed by atoms with Gasteiger partial charge in [0, 0.05) is 30.6 Å². The predicted octanol–water partition coefficient (Wildman–Crippen LogP) is 5.09. The van der Waals surface area contributed by atoms with Crippen LogP contribution in [-0.4, -0.2) is 22.9 Å². The first-order valence-corrected chi connectivity index (χ1v) is 10.8. The SMILES string of the molecule is O=CN(Cc1cccnc1)c1ccc(C2CCCC2)nc1NCCc1cccc(F)c1. The maximum absolute atomic E-state index is 13.5. The van der Waals surface area contributed by atoms with Gasteiger partial charge < -0.3 is 10.2 Å². The van der Waals surface area contributed by atoms with Crippen LogP contribution in [0.3, 0.4) is 0 Å². The number of carbonyl (C=O) groups is 1. The Morgan fingerprint density at radius 3 is 2.68 bits per heavy atom. The topological polar surface area (TPSA) is 58.1 Å². The Balaban J connectivity index is 1.56. The highest BCUT2D eigenvalue weighted by Gasteiger charge is 2.21. The molecule has 0 atom stereocenters. The largest absolute Gasteiger partial charge is 0.368 e. The molecule has 6 heteroatoms. The van der Waals surface area contributed by atoms with Gasteiger partial charge in [-0.15, -0.1) is 0 Å². The van der Waals surface area contributed by atoms with Gasteiger partial charge in [0.05, 0.1) is 12.2 Å². The molecule has 1 aromatic carbocycles. The fourth-order valence-electron chi connectivity index (χ4n) is 4.16. The van der Waals surface area contributed by atoms with E-state index in [4.69, 9.17) is 4.98 Å². The first-order valence-electron chi connectivity index (χ1n) is 10.8. The molecule has 0 spiro atoms. The molecular formula is C25H27FN4O. The Hall–Kier alpha value is -3.28. The fraction of sp³-hybridized carbons (Fsp3) is 0.320. The summed E-state index contributed by atoms with van der Waals surface area (Å²) < 4.78 is 13.5. The summed E-state index contributed by atoms with van der Waals surface area (Å²) in [5.41, 5.74) is 3.67. The van der Waals surface area contributed by atoms with E-state index in [9.17, 15) is 9.18 Å².